The molecular formula is C24H24N7O7S2+. The fraction of sp³-hybridized carbons (Fsp3) is 0.292. The van der Waals surface area contributed by atoms with Gasteiger partial charge in [-0.3, -0.25) is 14.5 Å². The van der Waals surface area contributed by atoms with E-state index in [-0.39, 0.29) is 28.8 Å². The van der Waals surface area contributed by atoms with E-state index in [2.05, 4.69) is 15.5 Å². The van der Waals surface area contributed by atoms with Crippen LogP contribution in [0.3, 0.4) is 0 Å². The van der Waals surface area contributed by atoms with Crippen molar-refractivity contribution in [2.75, 3.05) is 11.5 Å². The van der Waals surface area contributed by atoms with Crippen LogP contribution in [0.4, 0.5) is 5.13 Å². The van der Waals surface area contributed by atoms with Gasteiger partial charge in [-0.15, -0.1) is 23.1 Å². The molecule has 5 heterocycles. The molecule has 0 saturated carbocycles. The highest BCUT2D eigenvalue weighted by atomic mass is 32.2. The number of carboxylic acids is 2. The normalized spacial score (nSPS) is 19.3. The smallest absolute Gasteiger partial charge is 0.352 e. The van der Waals surface area contributed by atoms with Crippen molar-refractivity contribution < 1.29 is 38.7 Å². The molecule has 0 aliphatic carbocycles. The molecule has 0 unspecified atom stereocenters. The van der Waals surface area contributed by atoms with Gasteiger partial charge in [0.1, 0.15) is 29.4 Å². The second-order valence-electron chi connectivity index (χ2n) is 9.42. The molecule has 5 rings (SSSR count). The molecule has 5 N–H and O–H groups in total. The average molecular weight is 587 g/mol. The number of hydrogen-bond acceptors (Lipinski definition) is 10. The molecule has 2 amide bonds. The Hall–Kier alpha value is -4.44. The van der Waals surface area contributed by atoms with Crippen LogP contribution in [0.2, 0.25) is 0 Å². The lowest BCUT2D eigenvalue weighted by Crippen LogP contribution is -2.71. The maximum Gasteiger partial charge on any atom is 0.352 e. The molecule has 14 nitrogen and oxygen atoms in total. The zero-order valence-electron chi connectivity index (χ0n) is 21.2. The highest BCUT2D eigenvalue weighted by Gasteiger charge is 2.54. The van der Waals surface area contributed by atoms with E-state index in [0.717, 1.165) is 16.9 Å². The number of carboxylic acid groups (broad SMARTS) is 2. The van der Waals surface area contributed by atoms with Gasteiger partial charge in [-0.25, -0.2) is 14.6 Å². The highest BCUT2D eigenvalue weighted by molar-refractivity contribution is 8.00. The molecule has 0 bridgehead atoms. The second-order valence-corrected chi connectivity index (χ2v) is 11.4. The number of pyridine rings is 1. The summed E-state index contributed by atoms with van der Waals surface area (Å²) >= 11 is 2.35. The molecule has 3 aromatic rings. The van der Waals surface area contributed by atoms with E-state index in [9.17, 15) is 29.4 Å². The molecule has 3 aromatic heterocycles. The van der Waals surface area contributed by atoms with E-state index in [0.29, 0.717) is 11.3 Å². The van der Waals surface area contributed by atoms with E-state index >= 15 is 0 Å². The minimum Gasteiger partial charge on any atom is -0.478 e. The number of nitrogens with one attached hydrogen (secondary N) is 1. The summed E-state index contributed by atoms with van der Waals surface area (Å²) in [5, 5.41) is 26.6. The van der Waals surface area contributed by atoms with Gasteiger partial charge in [0.25, 0.3) is 11.8 Å². The molecule has 40 heavy (non-hydrogen) atoms. The summed E-state index contributed by atoms with van der Waals surface area (Å²) in [6.45, 7) is 2.75. The van der Waals surface area contributed by atoms with Crippen molar-refractivity contribution in [2.24, 2.45) is 5.16 Å². The number of hydrogen-bond donors (Lipinski definition) is 4. The zero-order valence-corrected chi connectivity index (χ0v) is 22.8. The molecule has 16 heteroatoms. The Bertz CT molecular complexity index is 1610. The topological polar surface area (TPSA) is 194 Å². The maximum absolute atomic E-state index is 13.2. The molecule has 1 fully saturated rings. The van der Waals surface area contributed by atoms with Gasteiger partial charge in [0, 0.05) is 29.3 Å². The van der Waals surface area contributed by atoms with Crippen LogP contribution in [0, 0.1) is 0 Å². The van der Waals surface area contributed by atoms with Crippen LogP contribution in [-0.4, -0.2) is 77.0 Å². The molecule has 208 valence electrons. The predicted octanol–water partition coefficient (Wildman–Crippen LogP) is 0.288. The van der Waals surface area contributed by atoms with Crippen molar-refractivity contribution in [1.29, 1.82) is 0 Å². The lowest BCUT2D eigenvalue weighted by Gasteiger charge is -2.49. The first-order valence-corrected chi connectivity index (χ1v) is 13.8. The Morgan fingerprint density at radius 3 is 2.75 bits per heavy atom. The third-order valence-corrected chi connectivity index (χ3v) is 8.33. The Balaban J connectivity index is 1.37. The molecular weight excluding hydrogens is 562 g/mol. The number of β-lactam (4-membered cyclic amide) rings is 1. The number of thiazole rings is 1. The summed E-state index contributed by atoms with van der Waals surface area (Å²) in [5.74, 6) is -3.70. The van der Waals surface area contributed by atoms with Crippen molar-refractivity contribution >= 4 is 63.2 Å². The summed E-state index contributed by atoms with van der Waals surface area (Å²) < 4.78 is 3.73. The standard InChI is InChI=1S/C24H23N7O7S2/c1-24(2,22(36)37)38-28-15(14-11-40-23(25)26-14)18(32)27-16-19(33)31-17(21(34)35)12(10-39-20(16)31)9-29-8-6-13-5-3-4-7-30(13)29/h3-8,11,16,20H,9-10H2,1-2H3,(H4-,25,26,27,32,34,35,36,37)/p+1/b28-15-/t16-,20-/m1/s1. The van der Waals surface area contributed by atoms with E-state index in [1.54, 1.807) is 0 Å². The van der Waals surface area contributed by atoms with Crippen LogP contribution in [0.5, 0.6) is 0 Å². The van der Waals surface area contributed by atoms with Crippen molar-refractivity contribution in [3.05, 3.63) is 59.0 Å². The highest BCUT2D eigenvalue weighted by Crippen LogP contribution is 2.40. The van der Waals surface area contributed by atoms with Gasteiger partial charge < -0.3 is 26.1 Å². The van der Waals surface area contributed by atoms with Crippen LogP contribution in [0.1, 0.15) is 19.5 Å². The summed E-state index contributed by atoms with van der Waals surface area (Å²) in [7, 11) is 0. The molecule has 1 saturated heterocycles. The first-order chi connectivity index (χ1) is 19.0. The molecule has 0 spiro atoms. The number of nitrogen functional groups attached to an aromatic ring is 1. The van der Waals surface area contributed by atoms with Gasteiger partial charge in [0.05, 0.1) is 6.20 Å². The number of nitrogens with two attached hydrogens (primary N) is 1. The minimum atomic E-state index is -1.75. The van der Waals surface area contributed by atoms with Crippen LogP contribution >= 0.6 is 23.1 Å². The number of nitrogens with zero attached hydrogens (tertiary/aromatic N) is 5. The largest absolute Gasteiger partial charge is 0.478 e. The van der Waals surface area contributed by atoms with Crippen molar-refractivity contribution in [3.8, 4) is 0 Å². The summed E-state index contributed by atoms with van der Waals surface area (Å²) in [4.78, 5) is 60.4. The number of carbonyl (C=O) groups excluding carboxylic acids is 2. The third-order valence-electron chi connectivity index (χ3n) is 6.31. The Morgan fingerprint density at radius 2 is 2.08 bits per heavy atom. The lowest BCUT2D eigenvalue weighted by atomic mass is 10.0. The number of oxime groups is 1. The van der Waals surface area contributed by atoms with Crippen LogP contribution in [0.25, 0.3) is 5.52 Å². The maximum atomic E-state index is 13.2. The SMILES string of the molecule is CC(C)(O/N=C(\C(=O)N[C@@H]1C(=O)N2C(C(=O)O)=C(Cn3ccc4cccc[n+]43)CS[C@H]12)c1csc(N)n1)C(=O)O. The summed E-state index contributed by atoms with van der Waals surface area (Å²) in [6.07, 6.45) is 3.69. The van der Waals surface area contributed by atoms with Crippen molar-refractivity contribution in [3.63, 3.8) is 0 Å². The Labute approximate surface area is 234 Å². The van der Waals surface area contributed by atoms with Crippen LogP contribution in [0.15, 0.2) is 58.5 Å². The van der Waals surface area contributed by atoms with Crippen LogP contribution < -0.4 is 15.6 Å². The number of aliphatic carboxylic acids is 2. The predicted molar refractivity (Wildman–Crippen MR) is 143 cm³/mol. The number of fused-ring (bicyclic) bond motifs is 2. The number of anilines is 1. The lowest BCUT2D eigenvalue weighted by molar-refractivity contribution is -0.609. The molecule has 2 aliphatic rings. The van der Waals surface area contributed by atoms with E-state index in [1.807, 2.05) is 45.9 Å². The van der Waals surface area contributed by atoms with Gasteiger partial charge in [-0.1, -0.05) is 9.67 Å². The Morgan fingerprint density at radius 1 is 1.30 bits per heavy atom. The van der Waals surface area contributed by atoms with E-state index < -0.39 is 40.8 Å². The number of amides is 2. The molecule has 0 radical (unpaired) electrons. The van der Waals surface area contributed by atoms with Crippen molar-refractivity contribution in [2.45, 2.75) is 37.4 Å². The molecule has 0 aromatic carbocycles. The third kappa shape index (κ3) is 4.86. The Kier molecular flexibility index (Phi) is 6.97. The van der Waals surface area contributed by atoms with E-state index in [1.165, 1.54) is 35.9 Å². The summed E-state index contributed by atoms with van der Waals surface area (Å²) in [6, 6.07) is 6.53. The fourth-order valence-electron chi connectivity index (χ4n) is 4.19. The quantitative estimate of drug-likeness (QED) is 0.117. The van der Waals surface area contributed by atoms with Crippen LogP contribution in [-0.2, 0) is 30.6 Å². The molecule has 2 aliphatic heterocycles. The first-order valence-electron chi connectivity index (χ1n) is 11.9. The number of carbonyl (C=O) groups is 4. The van der Waals surface area contributed by atoms with E-state index in [4.69, 9.17) is 10.6 Å². The zero-order chi connectivity index (χ0) is 28.8. The number of rotatable bonds is 9. The van der Waals surface area contributed by atoms with Crippen molar-refractivity contribution in [1.82, 2.24) is 19.9 Å². The minimum absolute atomic E-state index is 0.0333. The van der Waals surface area contributed by atoms with Gasteiger partial charge in [0.2, 0.25) is 17.3 Å². The van der Waals surface area contributed by atoms with Gasteiger partial charge in [0.15, 0.2) is 10.8 Å². The summed E-state index contributed by atoms with van der Waals surface area (Å²) in [5.41, 5.74) is 4.95. The number of thioether (sulfide) groups is 1. The first kappa shape index (κ1) is 27.1. The molecule has 2 atom stereocenters. The number of aromatic nitrogens is 3. The van der Waals surface area contributed by atoms with Gasteiger partial charge >= 0.3 is 11.9 Å². The fourth-order valence-corrected chi connectivity index (χ4v) is 6.07. The van der Waals surface area contributed by atoms with Gasteiger partial charge in [-0.2, -0.15) is 4.68 Å². The van der Waals surface area contributed by atoms with Gasteiger partial charge in [-0.05, 0) is 25.5 Å². The monoisotopic (exact) mass is 586 g/mol. The average Bonchev–Trinajstić information content (AvgIpc) is 3.53. The second kappa shape index (κ2) is 10.3.